The van der Waals surface area contributed by atoms with E-state index in [1.807, 2.05) is 0 Å². The third-order valence-electron chi connectivity index (χ3n) is 5.38. The van der Waals surface area contributed by atoms with Crippen LogP contribution >= 0.6 is 11.8 Å². The Morgan fingerprint density at radius 3 is 2.03 bits per heavy atom. The minimum absolute atomic E-state index is 0.0369. The van der Waals surface area contributed by atoms with Gasteiger partial charge in [-0.25, -0.2) is 8.78 Å². The molecule has 2 amide bonds. The van der Waals surface area contributed by atoms with E-state index in [0.29, 0.717) is 10.8 Å². The molecule has 176 valence electrons. The van der Waals surface area contributed by atoms with Gasteiger partial charge in [-0.15, -0.1) is 11.8 Å². The summed E-state index contributed by atoms with van der Waals surface area (Å²) in [5.41, 5.74) is 0.159. The van der Waals surface area contributed by atoms with Gasteiger partial charge >= 0.3 is 0 Å². The topological polar surface area (TPSA) is 83.8 Å². The van der Waals surface area contributed by atoms with Crippen LogP contribution in [-0.2, 0) is 0 Å². The molecule has 33 heavy (non-hydrogen) atoms. The maximum absolute atomic E-state index is 13.4. The van der Waals surface area contributed by atoms with Gasteiger partial charge in [-0.2, -0.15) is 0 Å². The standard InChI is InChI=1S/C23H25F2N3O4S/c1-15(2)7-12-33-21-6-4-17(14-20(21)28(31)32)23(30)27-10-8-26(9-11-27)22(29)16-3-5-18(24)19(25)13-16/h3-6,13-15H,7-12H2,1-2H3. The van der Waals surface area contributed by atoms with Crippen LogP contribution in [0.25, 0.3) is 0 Å². The van der Waals surface area contributed by atoms with Crippen molar-refractivity contribution < 1.29 is 23.3 Å². The Labute approximate surface area is 194 Å². The van der Waals surface area contributed by atoms with Gasteiger partial charge in [0.2, 0.25) is 0 Å². The smallest absolute Gasteiger partial charge is 0.283 e. The largest absolute Gasteiger partial charge is 0.335 e. The summed E-state index contributed by atoms with van der Waals surface area (Å²) in [5.74, 6) is -1.68. The molecule has 0 atom stereocenters. The molecular formula is C23H25F2N3O4S. The molecule has 3 rings (SSSR count). The summed E-state index contributed by atoms with van der Waals surface area (Å²) in [6.07, 6.45) is 0.927. The maximum atomic E-state index is 13.4. The van der Waals surface area contributed by atoms with Gasteiger partial charge in [0.05, 0.1) is 9.82 Å². The average molecular weight is 478 g/mol. The summed E-state index contributed by atoms with van der Waals surface area (Å²) < 4.78 is 26.6. The van der Waals surface area contributed by atoms with Gasteiger partial charge in [-0.05, 0) is 48.4 Å². The molecule has 0 radical (unpaired) electrons. The van der Waals surface area contributed by atoms with Gasteiger partial charge in [0.25, 0.3) is 17.5 Å². The van der Waals surface area contributed by atoms with Crippen LogP contribution in [-0.4, -0.2) is 58.5 Å². The Morgan fingerprint density at radius 2 is 1.52 bits per heavy atom. The van der Waals surface area contributed by atoms with Crippen LogP contribution in [0.4, 0.5) is 14.5 Å². The Balaban J connectivity index is 1.65. The Bertz CT molecular complexity index is 1060. The summed E-state index contributed by atoms with van der Waals surface area (Å²) in [6, 6.07) is 7.48. The quantitative estimate of drug-likeness (QED) is 0.330. The second-order valence-electron chi connectivity index (χ2n) is 8.18. The predicted octanol–water partition coefficient (Wildman–Crippen LogP) is 4.61. The van der Waals surface area contributed by atoms with Crippen LogP contribution in [0.1, 0.15) is 41.0 Å². The lowest BCUT2D eigenvalue weighted by Gasteiger charge is -2.34. The maximum Gasteiger partial charge on any atom is 0.283 e. The molecule has 0 aromatic heterocycles. The molecule has 1 fully saturated rings. The first-order valence-corrected chi connectivity index (χ1v) is 11.6. The molecule has 1 heterocycles. The van der Waals surface area contributed by atoms with Gasteiger partial charge in [-0.3, -0.25) is 19.7 Å². The Morgan fingerprint density at radius 1 is 0.970 bits per heavy atom. The van der Waals surface area contributed by atoms with E-state index in [9.17, 15) is 28.5 Å². The van der Waals surface area contributed by atoms with Crippen molar-refractivity contribution in [2.24, 2.45) is 5.92 Å². The van der Waals surface area contributed by atoms with Gasteiger partial charge < -0.3 is 9.80 Å². The summed E-state index contributed by atoms with van der Waals surface area (Å²) in [6.45, 7) is 5.06. The van der Waals surface area contributed by atoms with Crippen LogP contribution in [0.15, 0.2) is 41.3 Å². The molecule has 7 nitrogen and oxygen atoms in total. The van der Waals surface area contributed by atoms with Crippen molar-refractivity contribution >= 4 is 29.3 Å². The van der Waals surface area contributed by atoms with E-state index in [2.05, 4.69) is 13.8 Å². The molecule has 2 aromatic carbocycles. The number of amides is 2. The highest BCUT2D eigenvalue weighted by atomic mass is 32.2. The van der Waals surface area contributed by atoms with E-state index in [4.69, 9.17) is 0 Å². The molecule has 1 saturated heterocycles. The molecular weight excluding hydrogens is 452 g/mol. The predicted molar refractivity (Wildman–Crippen MR) is 121 cm³/mol. The first-order chi connectivity index (χ1) is 15.7. The number of nitro benzene ring substituents is 1. The zero-order valence-corrected chi connectivity index (χ0v) is 19.2. The second kappa shape index (κ2) is 10.7. The van der Waals surface area contributed by atoms with Crippen molar-refractivity contribution in [3.8, 4) is 0 Å². The van der Waals surface area contributed by atoms with Crippen molar-refractivity contribution in [1.82, 2.24) is 9.80 Å². The highest BCUT2D eigenvalue weighted by Gasteiger charge is 2.27. The lowest BCUT2D eigenvalue weighted by Crippen LogP contribution is -2.50. The molecule has 0 bridgehead atoms. The fourth-order valence-corrected chi connectivity index (χ4v) is 4.68. The van der Waals surface area contributed by atoms with Crippen molar-refractivity contribution in [1.29, 1.82) is 0 Å². The number of hydrogen-bond acceptors (Lipinski definition) is 5. The number of carbonyl (C=O) groups is 2. The van der Waals surface area contributed by atoms with Crippen molar-refractivity contribution in [3.05, 3.63) is 69.3 Å². The molecule has 2 aromatic rings. The lowest BCUT2D eigenvalue weighted by molar-refractivity contribution is -0.387. The first kappa shape index (κ1) is 24.6. The number of benzene rings is 2. The second-order valence-corrected chi connectivity index (χ2v) is 9.32. The number of thioether (sulfide) groups is 1. The minimum atomic E-state index is -1.10. The number of carbonyl (C=O) groups excluding carboxylic acids is 2. The molecule has 1 aliphatic rings. The lowest BCUT2D eigenvalue weighted by atomic mass is 10.1. The fraction of sp³-hybridized carbons (Fsp3) is 0.391. The van der Waals surface area contributed by atoms with Crippen LogP contribution in [0, 0.1) is 27.7 Å². The third-order valence-corrected chi connectivity index (χ3v) is 6.47. The van der Waals surface area contributed by atoms with Crippen LogP contribution in [0.5, 0.6) is 0 Å². The molecule has 0 unspecified atom stereocenters. The highest BCUT2D eigenvalue weighted by molar-refractivity contribution is 7.99. The zero-order valence-electron chi connectivity index (χ0n) is 18.4. The summed E-state index contributed by atoms with van der Waals surface area (Å²) in [4.78, 5) is 40.1. The molecule has 10 heteroatoms. The first-order valence-electron chi connectivity index (χ1n) is 10.6. The van der Waals surface area contributed by atoms with Gasteiger partial charge in [-0.1, -0.05) is 13.8 Å². The highest BCUT2D eigenvalue weighted by Crippen LogP contribution is 2.31. The normalized spacial score (nSPS) is 14.0. The van der Waals surface area contributed by atoms with Gasteiger partial charge in [0.1, 0.15) is 0 Å². The summed E-state index contributed by atoms with van der Waals surface area (Å²) >= 11 is 1.40. The minimum Gasteiger partial charge on any atom is -0.335 e. The van der Waals surface area contributed by atoms with E-state index in [-0.39, 0.29) is 48.9 Å². The Kier molecular flexibility index (Phi) is 8.01. The zero-order chi connectivity index (χ0) is 24.1. The molecule has 0 saturated carbocycles. The fourth-order valence-electron chi connectivity index (χ4n) is 3.43. The molecule has 0 aliphatic carbocycles. The number of rotatable bonds is 7. The van der Waals surface area contributed by atoms with E-state index in [1.165, 1.54) is 33.7 Å². The van der Waals surface area contributed by atoms with Crippen LogP contribution < -0.4 is 0 Å². The summed E-state index contributed by atoms with van der Waals surface area (Å²) in [7, 11) is 0. The summed E-state index contributed by atoms with van der Waals surface area (Å²) in [5, 5.41) is 11.5. The molecule has 1 aliphatic heterocycles. The van der Waals surface area contributed by atoms with Crippen LogP contribution in [0.2, 0.25) is 0 Å². The third kappa shape index (κ3) is 6.07. The van der Waals surface area contributed by atoms with E-state index in [0.717, 1.165) is 24.3 Å². The number of nitro groups is 1. The number of halogens is 2. The van der Waals surface area contributed by atoms with Gasteiger partial charge in [0.15, 0.2) is 11.6 Å². The number of hydrogen-bond donors (Lipinski definition) is 0. The SMILES string of the molecule is CC(C)CCSc1ccc(C(=O)N2CCN(C(=O)c3ccc(F)c(F)c3)CC2)cc1[N+](=O)[O-]. The van der Waals surface area contributed by atoms with E-state index in [1.54, 1.807) is 12.1 Å². The molecule has 0 N–H and O–H groups in total. The number of piperazine rings is 1. The van der Waals surface area contributed by atoms with Gasteiger partial charge in [0, 0.05) is 43.4 Å². The van der Waals surface area contributed by atoms with Crippen molar-refractivity contribution in [2.75, 3.05) is 31.9 Å². The van der Waals surface area contributed by atoms with E-state index >= 15 is 0 Å². The Hall–Kier alpha value is -3.01. The van der Waals surface area contributed by atoms with Crippen molar-refractivity contribution in [2.45, 2.75) is 25.2 Å². The van der Waals surface area contributed by atoms with E-state index < -0.39 is 22.5 Å². The van der Waals surface area contributed by atoms with Crippen molar-refractivity contribution in [3.63, 3.8) is 0 Å². The number of nitrogens with zero attached hydrogens (tertiary/aromatic N) is 3. The van der Waals surface area contributed by atoms with Crippen LogP contribution in [0.3, 0.4) is 0 Å². The monoisotopic (exact) mass is 477 g/mol. The average Bonchev–Trinajstić information content (AvgIpc) is 2.80. The molecule has 0 spiro atoms.